The number of hydrogen-bond donors (Lipinski definition) is 0. The second kappa shape index (κ2) is 6.05. The molecule has 0 amide bonds. The van der Waals surface area contributed by atoms with E-state index in [9.17, 15) is 4.21 Å². The van der Waals surface area contributed by atoms with E-state index < -0.39 is 10.8 Å². The van der Waals surface area contributed by atoms with Gasteiger partial charge in [-0.05, 0) is 49.8 Å². The van der Waals surface area contributed by atoms with Crippen LogP contribution >= 0.6 is 0 Å². The first-order chi connectivity index (χ1) is 10.2. The molecule has 0 N–H and O–H groups in total. The van der Waals surface area contributed by atoms with Crippen LogP contribution in [0.1, 0.15) is 46.0 Å². The molecule has 0 radical (unpaired) electrons. The highest BCUT2D eigenvalue weighted by molar-refractivity contribution is 7.85. The molecule has 0 spiro atoms. The lowest BCUT2D eigenvalue weighted by atomic mass is 9.90. The van der Waals surface area contributed by atoms with Gasteiger partial charge in [0, 0.05) is 10.1 Å². The zero-order chi connectivity index (χ0) is 14.9. The molecule has 1 unspecified atom stereocenters. The molecule has 4 atom stereocenters. The predicted octanol–water partition coefficient (Wildman–Crippen LogP) is 4.23. The summed E-state index contributed by atoms with van der Waals surface area (Å²) in [6.45, 7) is 4.37. The van der Waals surface area contributed by atoms with E-state index >= 15 is 0 Å². The van der Waals surface area contributed by atoms with Crippen LogP contribution in [-0.4, -0.2) is 21.2 Å². The maximum Gasteiger partial charge on any atom is 0.116 e. The Morgan fingerprint density at radius 3 is 2.71 bits per heavy atom. The third-order valence-corrected chi connectivity index (χ3v) is 6.56. The van der Waals surface area contributed by atoms with Crippen molar-refractivity contribution < 1.29 is 8.95 Å². The summed E-state index contributed by atoms with van der Waals surface area (Å²) in [5.41, 5.74) is 1.37. The molecular formula is C18H24O2S. The number of ether oxygens (including phenoxy) is 1. The van der Waals surface area contributed by atoms with Crippen molar-refractivity contribution in [2.45, 2.75) is 67.8 Å². The number of hydrogen-bond acceptors (Lipinski definition) is 2. The molecule has 0 aromatic heterocycles. The highest BCUT2D eigenvalue weighted by atomic mass is 32.2. The fourth-order valence-electron chi connectivity index (χ4n) is 3.62. The molecule has 3 rings (SSSR count). The van der Waals surface area contributed by atoms with Crippen LogP contribution in [0.5, 0.6) is 0 Å². The number of rotatable bonds is 4. The van der Waals surface area contributed by atoms with E-state index in [1.807, 2.05) is 30.3 Å². The summed E-state index contributed by atoms with van der Waals surface area (Å²) < 4.78 is 18.9. The first kappa shape index (κ1) is 15.0. The molecule has 21 heavy (non-hydrogen) atoms. The Bertz CT molecular complexity index is 552. The molecule has 3 heteroatoms. The van der Waals surface area contributed by atoms with Gasteiger partial charge < -0.3 is 4.74 Å². The normalized spacial score (nSPS) is 35.0. The number of allylic oxidation sites excluding steroid dienone is 1. The number of fused-ring (bicyclic) bond motifs is 1. The maximum absolute atomic E-state index is 12.9. The van der Waals surface area contributed by atoms with Crippen molar-refractivity contribution in [2.24, 2.45) is 0 Å². The maximum atomic E-state index is 12.9. The van der Waals surface area contributed by atoms with Crippen LogP contribution in [0.2, 0.25) is 0 Å². The van der Waals surface area contributed by atoms with Crippen molar-refractivity contribution in [3.8, 4) is 0 Å². The molecule has 1 aliphatic heterocycles. The molecule has 2 nitrogen and oxygen atoms in total. The summed E-state index contributed by atoms with van der Waals surface area (Å²) in [4.78, 5) is 0.959. The van der Waals surface area contributed by atoms with Gasteiger partial charge in [0.15, 0.2) is 0 Å². The predicted molar refractivity (Wildman–Crippen MR) is 86.8 cm³/mol. The standard InChI is InChI=1S/C18H24O2S/c1-3-8-14-13-16(11-12-17-18(14,4-2)20-17)21(19)15-9-6-5-7-10-15/h5-10,16-17H,3-4,11-13H2,1-2H3/b14-8+/t16-,17-,18+,21?/m1/s1. The van der Waals surface area contributed by atoms with Crippen molar-refractivity contribution in [3.05, 3.63) is 42.0 Å². The van der Waals surface area contributed by atoms with Gasteiger partial charge in [-0.2, -0.15) is 0 Å². The van der Waals surface area contributed by atoms with Crippen LogP contribution in [0.4, 0.5) is 0 Å². The smallest absolute Gasteiger partial charge is 0.116 e. The van der Waals surface area contributed by atoms with Gasteiger partial charge in [0.05, 0.1) is 16.9 Å². The van der Waals surface area contributed by atoms with Gasteiger partial charge in [-0.15, -0.1) is 0 Å². The summed E-state index contributed by atoms with van der Waals surface area (Å²) in [6, 6.07) is 9.89. The largest absolute Gasteiger partial charge is 0.361 e. The van der Waals surface area contributed by atoms with Gasteiger partial charge in [0.25, 0.3) is 0 Å². The average Bonchev–Trinajstić information content (AvgIpc) is 3.26. The Morgan fingerprint density at radius 2 is 2.05 bits per heavy atom. The topological polar surface area (TPSA) is 29.6 Å². The first-order valence-electron chi connectivity index (χ1n) is 8.04. The Hall–Kier alpha value is -0.930. The van der Waals surface area contributed by atoms with Crippen LogP contribution in [0.3, 0.4) is 0 Å². The van der Waals surface area contributed by atoms with Gasteiger partial charge in [0.2, 0.25) is 0 Å². The fourth-order valence-corrected chi connectivity index (χ4v) is 5.11. The Morgan fingerprint density at radius 1 is 1.29 bits per heavy atom. The lowest BCUT2D eigenvalue weighted by molar-refractivity contribution is 0.298. The van der Waals surface area contributed by atoms with Gasteiger partial charge in [0.1, 0.15) is 5.60 Å². The van der Waals surface area contributed by atoms with Crippen molar-refractivity contribution in [2.75, 3.05) is 0 Å². The minimum Gasteiger partial charge on any atom is -0.361 e. The zero-order valence-electron chi connectivity index (χ0n) is 12.9. The molecule has 2 fully saturated rings. The fraction of sp³-hybridized carbons (Fsp3) is 0.556. The molecule has 1 aromatic rings. The second-order valence-corrected chi connectivity index (χ2v) is 7.73. The van der Waals surface area contributed by atoms with Crippen LogP contribution in [0, 0.1) is 0 Å². The monoisotopic (exact) mass is 304 g/mol. The van der Waals surface area contributed by atoms with E-state index in [1.54, 1.807) is 0 Å². The average molecular weight is 304 g/mol. The molecule has 1 aliphatic carbocycles. The highest BCUT2D eigenvalue weighted by Crippen LogP contribution is 2.52. The van der Waals surface area contributed by atoms with E-state index in [1.165, 1.54) is 5.57 Å². The zero-order valence-corrected chi connectivity index (χ0v) is 13.7. The number of benzene rings is 1. The Labute approximate surface area is 130 Å². The Kier molecular flexibility index (Phi) is 4.32. The van der Waals surface area contributed by atoms with E-state index in [2.05, 4.69) is 19.9 Å². The van der Waals surface area contributed by atoms with Crippen molar-refractivity contribution >= 4 is 10.8 Å². The molecule has 1 heterocycles. The van der Waals surface area contributed by atoms with Crippen LogP contribution in [-0.2, 0) is 15.5 Å². The third kappa shape index (κ3) is 2.74. The van der Waals surface area contributed by atoms with Gasteiger partial charge in [-0.3, -0.25) is 4.21 Å². The lowest BCUT2D eigenvalue weighted by Gasteiger charge is -2.19. The SMILES string of the molecule is CC/C=C1\C[C@H](S(=O)c2ccccc2)CC[C@H]2O[C@@]12CC. The Balaban J connectivity index is 1.83. The molecule has 1 saturated carbocycles. The van der Waals surface area contributed by atoms with Crippen LogP contribution < -0.4 is 0 Å². The van der Waals surface area contributed by atoms with Gasteiger partial charge in [-0.25, -0.2) is 0 Å². The lowest BCUT2D eigenvalue weighted by Crippen LogP contribution is -2.20. The number of epoxide rings is 1. The molecular weight excluding hydrogens is 280 g/mol. The summed E-state index contributed by atoms with van der Waals surface area (Å²) in [5.74, 6) is 0. The quantitative estimate of drug-likeness (QED) is 0.615. The van der Waals surface area contributed by atoms with Gasteiger partial charge >= 0.3 is 0 Å². The second-order valence-electron chi connectivity index (χ2n) is 6.00. The summed E-state index contributed by atoms with van der Waals surface area (Å²) in [7, 11) is -0.916. The molecule has 1 aromatic carbocycles. The molecule has 2 aliphatic rings. The van der Waals surface area contributed by atoms with Crippen LogP contribution in [0.15, 0.2) is 46.9 Å². The van der Waals surface area contributed by atoms with E-state index in [0.29, 0.717) is 6.10 Å². The first-order valence-corrected chi connectivity index (χ1v) is 9.25. The molecule has 1 saturated heterocycles. The summed E-state index contributed by atoms with van der Waals surface area (Å²) >= 11 is 0. The minimum atomic E-state index is -0.916. The van der Waals surface area contributed by atoms with Crippen molar-refractivity contribution in [3.63, 3.8) is 0 Å². The van der Waals surface area contributed by atoms with E-state index in [0.717, 1.165) is 37.0 Å². The van der Waals surface area contributed by atoms with E-state index in [-0.39, 0.29) is 10.9 Å². The van der Waals surface area contributed by atoms with Crippen LogP contribution in [0.25, 0.3) is 0 Å². The molecule has 114 valence electrons. The van der Waals surface area contributed by atoms with E-state index in [4.69, 9.17) is 4.74 Å². The molecule has 0 bridgehead atoms. The van der Waals surface area contributed by atoms with Crippen molar-refractivity contribution in [1.29, 1.82) is 0 Å². The van der Waals surface area contributed by atoms with Crippen molar-refractivity contribution in [1.82, 2.24) is 0 Å². The highest BCUT2D eigenvalue weighted by Gasteiger charge is 2.58. The summed E-state index contributed by atoms with van der Waals surface area (Å²) in [5, 5.41) is 0.227. The third-order valence-electron chi connectivity index (χ3n) is 4.81. The minimum absolute atomic E-state index is 0.0222. The van der Waals surface area contributed by atoms with Gasteiger partial charge in [-0.1, -0.05) is 38.1 Å². The summed E-state index contributed by atoms with van der Waals surface area (Å²) in [6.07, 6.45) is 7.68.